The molecule has 0 bridgehead atoms. The second kappa shape index (κ2) is 10.3. The van der Waals surface area contributed by atoms with Crippen molar-refractivity contribution in [2.45, 2.75) is 66.2 Å². The molecule has 0 aliphatic carbocycles. The Bertz CT molecular complexity index is 234. The first-order chi connectivity index (χ1) is 8.07. The van der Waals surface area contributed by atoms with Crippen LogP contribution in [-0.4, -0.2) is 18.1 Å². The van der Waals surface area contributed by atoms with Crippen LogP contribution in [0.2, 0.25) is 0 Å². The van der Waals surface area contributed by atoms with Gasteiger partial charge >= 0.3 is 0 Å². The third-order valence-corrected chi connectivity index (χ3v) is 2.63. The lowest BCUT2D eigenvalue weighted by Crippen LogP contribution is -2.06. The second-order valence-corrected chi connectivity index (χ2v) is 4.84. The maximum atomic E-state index is 11.3. The number of hydrogen-bond acceptors (Lipinski definition) is 3. The lowest BCUT2D eigenvalue weighted by Gasteiger charge is -2.04. The van der Waals surface area contributed by atoms with Gasteiger partial charge in [0.15, 0.2) is 0 Å². The molecule has 0 unspecified atom stereocenters. The normalized spacial score (nSPS) is 11.9. The Morgan fingerprint density at radius 1 is 1.18 bits per heavy atom. The monoisotopic (exact) mass is 241 g/mol. The summed E-state index contributed by atoms with van der Waals surface area (Å²) in [5.41, 5.74) is 1.06. The van der Waals surface area contributed by atoms with Gasteiger partial charge in [-0.15, -0.1) is 0 Å². The number of rotatable bonds is 10. The van der Waals surface area contributed by atoms with E-state index in [0.717, 1.165) is 37.8 Å². The molecular formula is C14H27NO2. The molecule has 0 spiro atoms. The van der Waals surface area contributed by atoms with Crippen LogP contribution in [0.1, 0.15) is 66.2 Å². The molecule has 0 rings (SSSR count). The number of carbonyl (C=O) groups excluding carboxylic acids is 1. The van der Waals surface area contributed by atoms with Gasteiger partial charge in [-0.1, -0.05) is 32.3 Å². The SMILES string of the molecule is CCC/C(C)=N/OCCCCCC(=O)C(C)C. The van der Waals surface area contributed by atoms with Gasteiger partial charge in [0, 0.05) is 12.3 Å². The first-order valence-corrected chi connectivity index (χ1v) is 6.76. The Balaban J connectivity index is 3.35. The van der Waals surface area contributed by atoms with Crippen LogP contribution in [0.5, 0.6) is 0 Å². The van der Waals surface area contributed by atoms with Gasteiger partial charge in [-0.25, -0.2) is 0 Å². The molecule has 3 heteroatoms. The van der Waals surface area contributed by atoms with Crippen LogP contribution in [0.4, 0.5) is 0 Å². The number of unbranched alkanes of at least 4 members (excludes halogenated alkanes) is 2. The van der Waals surface area contributed by atoms with Crippen LogP contribution in [0.15, 0.2) is 5.16 Å². The summed E-state index contributed by atoms with van der Waals surface area (Å²) in [7, 11) is 0. The highest BCUT2D eigenvalue weighted by Crippen LogP contribution is 2.06. The van der Waals surface area contributed by atoms with E-state index >= 15 is 0 Å². The Labute approximate surface area is 106 Å². The average molecular weight is 241 g/mol. The van der Waals surface area contributed by atoms with Gasteiger partial charge in [0.05, 0.1) is 5.71 Å². The molecule has 0 saturated carbocycles. The van der Waals surface area contributed by atoms with E-state index in [1.54, 1.807) is 0 Å². The van der Waals surface area contributed by atoms with E-state index in [1.807, 2.05) is 20.8 Å². The molecule has 0 aliphatic rings. The lowest BCUT2D eigenvalue weighted by atomic mass is 10.0. The number of hydrogen-bond donors (Lipinski definition) is 0. The van der Waals surface area contributed by atoms with Gasteiger partial charge in [0.25, 0.3) is 0 Å². The highest BCUT2D eigenvalue weighted by Gasteiger charge is 2.05. The molecule has 100 valence electrons. The quantitative estimate of drug-likeness (QED) is 0.330. The van der Waals surface area contributed by atoms with Crippen LogP contribution in [0, 0.1) is 5.92 Å². The standard InChI is InChI=1S/C14H27NO2/c1-5-9-13(4)15-17-11-8-6-7-10-14(16)12(2)3/h12H,5-11H2,1-4H3/b15-13+. The van der Waals surface area contributed by atoms with E-state index in [-0.39, 0.29) is 5.92 Å². The maximum absolute atomic E-state index is 11.3. The van der Waals surface area contributed by atoms with Gasteiger partial charge in [-0.2, -0.15) is 0 Å². The smallest absolute Gasteiger partial charge is 0.135 e. The van der Waals surface area contributed by atoms with Crippen molar-refractivity contribution in [3.05, 3.63) is 0 Å². The minimum absolute atomic E-state index is 0.174. The predicted molar refractivity (Wildman–Crippen MR) is 72.3 cm³/mol. The van der Waals surface area contributed by atoms with Crippen molar-refractivity contribution < 1.29 is 9.63 Å². The van der Waals surface area contributed by atoms with Crippen molar-refractivity contribution in [1.82, 2.24) is 0 Å². The molecule has 0 heterocycles. The highest BCUT2D eigenvalue weighted by atomic mass is 16.6. The Morgan fingerprint density at radius 3 is 2.47 bits per heavy atom. The summed E-state index contributed by atoms with van der Waals surface area (Å²) in [6.45, 7) is 8.69. The minimum atomic E-state index is 0.174. The lowest BCUT2D eigenvalue weighted by molar-refractivity contribution is -0.122. The van der Waals surface area contributed by atoms with Crippen molar-refractivity contribution in [3.63, 3.8) is 0 Å². The first kappa shape index (κ1) is 16.1. The number of Topliss-reactive ketones (excluding diaryl/α,β-unsaturated/α-hetero) is 1. The molecule has 0 aliphatic heterocycles. The molecule has 0 atom stereocenters. The van der Waals surface area contributed by atoms with Gasteiger partial charge in [-0.05, 0) is 32.6 Å². The molecule has 17 heavy (non-hydrogen) atoms. The third-order valence-electron chi connectivity index (χ3n) is 2.63. The Morgan fingerprint density at radius 2 is 1.88 bits per heavy atom. The van der Waals surface area contributed by atoms with E-state index in [4.69, 9.17) is 4.84 Å². The predicted octanol–water partition coefficient (Wildman–Crippen LogP) is 3.96. The van der Waals surface area contributed by atoms with Crippen LogP contribution < -0.4 is 0 Å². The third kappa shape index (κ3) is 10.0. The second-order valence-electron chi connectivity index (χ2n) is 4.84. The summed E-state index contributed by atoms with van der Waals surface area (Å²) in [6.07, 6.45) is 5.81. The maximum Gasteiger partial charge on any atom is 0.135 e. The molecule has 0 saturated heterocycles. The number of ketones is 1. The van der Waals surface area contributed by atoms with E-state index < -0.39 is 0 Å². The van der Waals surface area contributed by atoms with E-state index in [1.165, 1.54) is 0 Å². The molecule has 0 aromatic carbocycles. The van der Waals surface area contributed by atoms with E-state index in [9.17, 15) is 4.79 Å². The largest absolute Gasteiger partial charge is 0.396 e. The van der Waals surface area contributed by atoms with Gasteiger partial charge in [0.1, 0.15) is 12.4 Å². The highest BCUT2D eigenvalue weighted by molar-refractivity contribution is 5.81. The van der Waals surface area contributed by atoms with Crippen molar-refractivity contribution >= 4 is 11.5 Å². The van der Waals surface area contributed by atoms with Crippen molar-refractivity contribution in [2.24, 2.45) is 11.1 Å². The van der Waals surface area contributed by atoms with Gasteiger partial charge in [0.2, 0.25) is 0 Å². The molecule has 0 aromatic heterocycles. The number of nitrogens with zero attached hydrogens (tertiary/aromatic N) is 1. The molecule has 0 amide bonds. The minimum Gasteiger partial charge on any atom is -0.396 e. The molecule has 0 N–H and O–H groups in total. The molecule has 3 nitrogen and oxygen atoms in total. The zero-order valence-corrected chi connectivity index (χ0v) is 11.8. The summed E-state index contributed by atoms with van der Waals surface area (Å²) < 4.78 is 0. The summed E-state index contributed by atoms with van der Waals surface area (Å²) >= 11 is 0. The fraction of sp³-hybridized carbons (Fsp3) is 0.857. The van der Waals surface area contributed by atoms with Gasteiger partial charge < -0.3 is 4.84 Å². The summed E-state index contributed by atoms with van der Waals surface area (Å²) in [4.78, 5) is 16.5. The zero-order valence-electron chi connectivity index (χ0n) is 11.8. The fourth-order valence-electron chi connectivity index (χ4n) is 1.49. The van der Waals surface area contributed by atoms with Crippen molar-refractivity contribution in [2.75, 3.05) is 6.61 Å². The van der Waals surface area contributed by atoms with Crippen molar-refractivity contribution in [1.29, 1.82) is 0 Å². The Kier molecular flexibility index (Phi) is 9.78. The first-order valence-electron chi connectivity index (χ1n) is 6.76. The Hall–Kier alpha value is -0.860. The van der Waals surface area contributed by atoms with Crippen LogP contribution in [0.25, 0.3) is 0 Å². The average Bonchev–Trinajstić information content (AvgIpc) is 2.27. The number of oxime groups is 1. The van der Waals surface area contributed by atoms with Crippen LogP contribution >= 0.6 is 0 Å². The fourth-order valence-corrected chi connectivity index (χ4v) is 1.49. The van der Waals surface area contributed by atoms with E-state index in [0.29, 0.717) is 18.8 Å². The van der Waals surface area contributed by atoms with E-state index in [2.05, 4.69) is 12.1 Å². The molecule has 0 radical (unpaired) electrons. The van der Waals surface area contributed by atoms with Gasteiger partial charge in [-0.3, -0.25) is 4.79 Å². The molecule has 0 fully saturated rings. The summed E-state index contributed by atoms with van der Waals surface area (Å²) in [5, 5.41) is 4.02. The summed E-state index contributed by atoms with van der Waals surface area (Å²) in [5.74, 6) is 0.537. The number of carbonyl (C=O) groups is 1. The van der Waals surface area contributed by atoms with Crippen molar-refractivity contribution in [3.8, 4) is 0 Å². The van der Waals surface area contributed by atoms with Crippen LogP contribution in [-0.2, 0) is 9.63 Å². The zero-order chi connectivity index (χ0) is 13.1. The summed E-state index contributed by atoms with van der Waals surface area (Å²) in [6, 6.07) is 0. The molecular weight excluding hydrogens is 214 g/mol. The topological polar surface area (TPSA) is 38.7 Å². The molecule has 0 aromatic rings. The van der Waals surface area contributed by atoms with Crippen LogP contribution in [0.3, 0.4) is 0 Å².